The zero-order valence-electron chi connectivity index (χ0n) is 16.3. The van der Waals surface area contributed by atoms with Gasteiger partial charge in [-0.25, -0.2) is 22.7 Å². The van der Waals surface area contributed by atoms with Gasteiger partial charge in [0.15, 0.2) is 0 Å². The van der Waals surface area contributed by atoms with E-state index in [0.717, 1.165) is 5.56 Å². The van der Waals surface area contributed by atoms with E-state index in [4.69, 9.17) is 28.3 Å². The predicted octanol–water partition coefficient (Wildman–Crippen LogP) is 3.34. The molecule has 3 rings (SSSR count). The molecular weight excluding hydrogens is 465 g/mol. The number of benzene rings is 2. The quantitative estimate of drug-likeness (QED) is 0.579. The molecule has 0 saturated carbocycles. The molecule has 0 unspecified atom stereocenters. The van der Waals surface area contributed by atoms with E-state index in [1.54, 1.807) is 23.1 Å². The molecule has 0 bridgehead atoms. The fraction of sp³-hybridized carbons (Fsp3) is 0.300. The zero-order chi connectivity index (χ0) is 22.6. The van der Waals surface area contributed by atoms with Crippen LogP contribution in [0, 0.1) is 0 Å². The average Bonchev–Trinajstić information content (AvgIpc) is 2.73. The van der Waals surface area contributed by atoms with Crippen molar-refractivity contribution in [3.63, 3.8) is 0 Å². The molecule has 0 aliphatic carbocycles. The molecule has 1 aliphatic heterocycles. The summed E-state index contributed by atoms with van der Waals surface area (Å²) < 4.78 is 27.7. The van der Waals surface area contributed by atoms with Crippen LogP contribution in [0.25, 0.3) is 0 Å². The van der Waals surface area contributed by atoms with E-state index in [-0.39, 0.29) is 29.1 Å². The van der Waals surface area contributed by atoms with Crippen molar-refractivity contribution >= 4 is 45.2 Å². The summed E-state index contributed by atoms with van der Waals surface area (Å²) in [6.45, 7) is 1.05. The van der Waals surface area contributed by atoms with Crippen LogP contribution in [-0.2, 0) is 16.6 Å². The first-order valence-corrected chi connectivity index (χ1v) is 11.7. The highest BCUT2D eigenvalue weighted by atomic mass is 35.5. The minimum atomic E-state index is -3.78. The van der Waals surface area contributed by atoms with Crippen molar-refractivity contribution < 1.29 is 23.1 Å². The third-order valence-corrected chi connectivity index (χ3v) is 7.08. The highest BCUT2D eigenvalue weighted by Crippen LogP contribution is 2.21. The van der Waals surface area contributed by atoms with Gasteiger partial charge < -0.3 is 15.3 Å². The number of hydrogen-bond donors (Lipinski definition) is 3. The Morgan fingerprint density at radius 3 is 2.29 bits per heavy atom. The Kier molecular flexibility index (Phi) is 7.42. The Balaban J connectivity index is 1.50. The Hall–Kier alpha value is -2.33. The number of carbonyl (C=O) groups is 2. The Bertz CT molecular complexity index is 1070. The number of likely N-dealkylation sites (tertiary alicyclic amines) is 1. The SMILES string of the molecule is O=C(O)c1ccc(S(=O)(=O)NC2CCN(C(=O)NCc3ccc(Cl)cc3Cl)CC2)cc1. The summed E-state index contributed by atoms with van der Waals surface area (Å²) in [4.78, 5) is 24.9. The lowest BCUT2D eigenvalue weighted by Gasteiger charge is -2.32. The molecule has 2 amide bonds. The van der Waals surface area contributed by atoms with Gasteiger partial charge in [-0.2, -0.15) is 0 Å². The smallest absolute Gasteiger partial charge is 0.335 e. The van der Waals surface area contributed by atoms with Gasteiger partial charge in [0.25, 0.3) is 0 Å². The summed E-state index contributed by atoms with van der Waals surface area (Å²) in [6, 6.07) is 9.49. The maximum Gasteiger partial charge on any atom is 0.335 e. The molecule has 2 aromatic carbocycles. The van der Waals surface area contributed by atoms with Gasteiger partial charge in [-0.05, 0) is 54.8 Å². The molecule has 3 N–H and O–H groups in total. The fourth-order valence-corrected chi connectivity index (χ4v) is 4.99. The minimum absolute atomic E-state index is 0.00230. The first kappa shape index (κ1) is 23.3. The van der Waals surface area contributed by atoms with Crippen LogP contribution < -0.4 is 10.0 Å². The number of carboxylic acid groups (broad SMARTS) is 1. The Labute approximate surface area is 190 Å². The topological polar surface area (TPSA) is 116 Å². The van der Waals surface area contributed by atoms with E-state index in [1.807, 2.05) is 0 Å². The Morgan fingerprint density at radius 2 is 1.71 bits per heavy atom. The van der Waals surface area contributed by atoms with Gasteiger partial charge in [0.2, 0.25) is 10.0 Å². The second-order valence-corrected chi connectivity index (χ2v) is 9.66. The van der Waals surface area contributed by atoms with Crippen molar-refractivity contribution in [2.75, 3.05) is 13.1 Å². The van der Waals surface area contributed by atoms with Crippen LogP contribution in [-0.4, -0.2) is 49.6 Å². The highest BCUT2D eigenvalue weighted by Gasteiger charge is 2.27. The molecule has 1 heterocycles. The number of nitrogens with one attached hydrogen (secondary N) is 2. The molecule has 0 radical (unpaired) electrons. The molecule has 1 fully saturated rings. The molecule has 1 aliphatic rings. The summed E-state index contributed by atoms with van der Waals surface area (Å²) in [6.07, 6.45) is 0.920. The summed E-state index contributed by atoms with van der Waals surface area (Å²) in [5.74, 6) is -1.12. The molecule has 0 aromatic heterocycles. The van der Waals surface area contributed by atoms with Crippen molar-refractivity contribution in [3.8, 4) is 0 Å². The van der Waals surface area contributed by atoms with Gasteiger partial charge >= 0.3 is 12.0 Å². The summed E-state index contributed by atoms with van der Waals surface area (Å²) in [5, 5.41) is 12.7. The number of aromatic carboxylic acids is 1. The molecule has 31 heavy (non-hydrogen) atoms. The van der Waals surface area contributed by atoms with Crippen LogP contribution in [0.1, 0.15) is 28.8 Å². The van der Waals surface area contributed by atoms with E-state index in [1.165, 1.54) is 24.3 Å². The number of carbonyl (C=O) groups excluding carboxylic acids is 1. The van der Waals surface area contributed by atoms with E-state index >= 15 is 0 Å². The molecule has 0 atom stereocenters. The lowest BCUT2D eigenvalue weighted by molar-refractivity contribution is 0.0696. The summed E-state index contributed by atoms with van der Waals surface area (Å²) >= 11 is 12.0. The third kappa shape index (κ3) is 6.10. The van der Waals surface area contributed by atoms with E-state index in [2.05, 4.69) is 10.0 Å². The molecule has 166 valence electrons. The zero-order valence-corrected chi connectivity index (χ0v) is 18.7. The second kappa shape index (κ2) is 9.86. The lowest BCUT2D eigenvalue weighted by Crippen LogP contribution is -2.49. The van der Waals surface area contributed by atoms with Crippen molar-refractivity contribution in [3.05, 3.63) is 63.6 Å². The normalized spacial score (nSPS) is 15.0. The molecule has 0 spiro atoms. The van der Waals surface area contributed by atoms with Crippen LogP contribution >= 0.6 is 23.2 Å². The number of amides is 2. The van der Waals surface area contributed by atoms with E-state index < -0.39 is 16.0 Å². The maximum absolute atomic E-state index is 12.5. The van der Waals surface area contributed by atoms with E-state index in [0.29, 0.717) is 36.0 Å². The van der Waals surface area contributed by atoms with Crippen LogP contribution in [0.2, 0.25) is 10.0 Å². The number of rotatable bonds is 6. The monoisotopic (exact) mass is 485 g/mol. The van der Waals surface area contributed by atoms with Crippen LogP contribution in [0.5, 0.6) is 0 Å². The van der Waals surface area contributed by atoms with Gasteiger partial charge in [-0.3, -0.25) is 0 Å². The number of nitrogens with zero attached hydrogens (tertiary/aromatic N) is 1. The van der Waals surface area contributed by atoms with Crippen molar-refractivity contribution in [1.29, 1.82) is 0 Å². The van der Waals surface area contributed by atoms with Gasteiger partial charge in [-0.15, -0.1) is 0 Å². The lowest BCUT2D eigenvalue weighted by atomic mass is 10.1. The van der Waals surface area contributed by atoms with Crippen LogP contribution in [0.3, 0.4) is 0 Å². The number of hydrogen-bond acceptors (Lipinski definition) is 4. The number of urea groups is 1. The second-order valence-electron chi connectivity index (χ2n) is 7.11. The number of sulfonamides is 1. The average molecular weight is 486 g/mol. The Morgan fingerprint density at radius 1 is 1.06 bits per heavy atom. The third-order valence-electron chi connectivity index (χ3n) is 4.96. The molecule has 8 nitrogen and oxygen atoms in total. The highest BCUT2D eigenvalue weighted by molar-refractivity contribution is 7.89. The number of piperidine rings is 1. The molecule has 2 aromatic rings. The number of carboxylic acids is 1. The van der Waals surface area contributed by atoms with Crippen LogP contribution in [0.4, 0.5) is 4.79 Å². The predicted molar refractivity (Wildman–Crippen MR) is 117 cm³/mol. The maximum atomic E-state index is 12.5. The van der Waals surface area contributed by atoms with Crippen molar-refractivity contribution in [2.24, 2.45) is 0 Å². The van der Waals surface area contributed by atoms with E-state index in [9.17, 15) is 18.0 Å². The number of halogens is 2. The van der Waals surface area contributed by atoms with Crippen molar-refractivity contribution in [1.82, 2.24) is 14.9 Å². The van der Waals surface area contributed by atoms with Gasteiger partial charge in [-0.1, -0.05) is 29.3 Å². The molecular formula is C20H21Cl2N3O5S. The van der Waals surface area contributed by atoms with Gasteiger partial charge in [0.1, 0.15) is 0 Å². The van der Waals surface area contributed by atoms with Gasteiger partial charge in [0, 0.05) is 35.7 Å². The minimum Gasteiger partial charge on any atom is -0.478 e. The first-order valence-electron chi connectivity index (χ1n) is 9.48. The molecule has 11 heteroatoms. The summed E-state index contributed by atoms with van der Waals surface area (Å²) in [7, 11) is -3.78. The van der Waals surface area contributed by atoms with Crippen molar-refractivity contribution in [2.45, 2.75) is 30.3 Å². The summed E-state index contributed by atoms with van der Waals surface area (Å²) in [5.41, 5.74) is 0.758. The standard InChI is InChI=1S/C20H21Cl2N3O5S/c21-15-4-1-14(18(22)11-15)12-23-20(28)25-9-7-16(8-10-25)24-31(29,30)17-5-2-13(3-6-17)19(26)27/h1-6,11,16,24H,7-10,12H2,(H,23,28)(H,26,27). The van der Waals surface area contributed by atoms with Gasteiger partial charge in [0.05, 0.1) is 10.5 Å². The largest absolute Gasteiger partial charge is 0.478 e. The molecule has 1 saturated heterocycles. The van der Waals surface area contributed by atoms with Crippen LogP contribution in [0.15, 0.2) is 47.4 Å². The first-order chi connectivity index (χ1) is 14.7. The fourth-order valence-electron chi connectivity index (χ4n) is 3.21.